The standard InChI is InChI=1S/C32H35N5O4S/c1-4-27(23-7-5-8-26(15-23)35-42(3,39)40)31-28-9-6-12-33-32(28)41-20-25-17-30-24(16-29(25)31)18-34-37(30)19-22-10-13-36(14-11-22)21(2)38/h5-9,12,15-18,22,35H,4,10-11,13-14,19-20H2,1-3H3/b31-27+. The van der Waals surface area contributed by atoms with Crippen molar-refractivity contribution in [2.75, 3.05) is 24.1 Å². The number of sulfonamides is 1. The maximum atomic E-state index is 11.9. The van der Waals surface area contributed by atoms with Gasteiger partial charge < -0.3 is 9.64 Å². The SMILES string of the molecule is CC/C(=C1\c2cc3cnn(CC4CCN(C(C)=O)CC4)c3cc2COc2ncccc21)c1cccc(NS(C)(=O)=O)c1. The van der Waals surface area contributed by atoms with Crippen molar-refractivity contribution in [1.29, 1.82) is 0 Å². The van der Waals surface area contributed by atoms with E-state index in [1.54, 1.807) is 19.2 Å². The van der Waals surface area contributed by atoms with E-state index in [1.807, 2.05) is 41.4 Å². The summed E-state index contributed by atoms with van der Waals surface area (Å²) in [6, 6.07) is 15.8. The molecule has 4 heterocycles. The Hall–Kier alpha value is -4.18. The van der Waals surface area contributed by atoms with E-state index < -0.39 is 10.0 Å². The van der Waals surface area contributed by atoms with Crippen LogP contribution in [0.15, 0.2) is 60.9 Å². The van der Waals surface area contributed by atoms with E-state index in [4.69, 9.17) is 9.84 Å². The molecule has 4 aromatic rings. The average molecular weight is 586 g/mol. The fraction of sp³-hybridized carbons (Fsp3) is 0.344. The van der Waals surface area contributed by atoms with E-state index in [0.29, 0.717) is 30.5 Å². The molecule has 1 amide bonds. The Labute approximate surface area is 246 Å². The zero-order valence-corrected chi connectivity index (χ0v) is 24.9. The maximum absolute atomic E-state index is 11.9. The number of likely N-dealkylation sites (tertiary alicyclic amines) is 1. The van der Waals surface area contributed by atoms with E-state index in [2.05, 4.69) is 33.4 Å². The fourth-order valence-corrected chi connectivity index (χ4v) is 6.72. The quantitative estimate of drug-likeness (QED) is 0.328. The largest absolute Gasteiger partial charge is 0.472 e. The molecule has 6 rings (SSSR count). The predicted octanol–water partition coefficient (Wildman–Crippen LogP) is 5.32. The lowest BCUT2D eigenvalue weighted by atomic mass is 9.86. The molecule has 9 nitrogen and oxygen atoms in total. The van der Waals surface area contributed by atoms with Crippen LogP contribution in [0.25, 0.3) is 22.0 Å². The number of benzene rings is 2. The first-order valence-electron chi connectivity index (χ1n) is 14.3. The van der Waals surface area contributed by atoms with Gasteiger partial charge in [-0.05, 0) is 89.4 Å². The minimum Gasteiger partial charge on any atom is -0.472 e. The zero-order valence-electron chi connectivity index (χ0n) is 24.1. The molecule has 42 heavy (non-hydrogen) atoms. The molecule has 0 saturated carbocycles. The molecule has 0 bridgehead atoms. The summed E-state index contributed by atoms with van der Waals surface area (Å²) in [5.74, 6) is 1.18. The van der Waals surface area contributed by atoms with Crippen molar-refractivity contribution < 1.29 is 17.9 Å². The van der Waals surface area contributed by atoms with Gasteiger partial charge in [-0.2, -0.15) is 5.10 Å². The van der Waals surface area contributed by atoms with Crippen LogP contribution in [0.4, 0.5) is 5.69 Å². The molecular weight excluding hydrogens is 550 g/mol. The number of nitrogens with zero attached hydrogens (tertiary/aromatic N) is 4. The first-order chi connectivity index (χ1) is 20.2. The van der Waals surface area contributed by atoms with E-state index in [1.165, 1.54) is 0 Å². The number of pyridine rings is 1. The van der Waals surface area contributed by atoms with E-state index >= 15 is 0 Å². The van der Waals surface area contributed by atoms with Crippen molar-refractivity contribution in [2.45, 2.75) is 46.3 Å². The number of allylic oxidation sites excluding steroid dienone is 1. The van der Waals surface area contributed by atoms with Crippen molar-refractivity contribution in [3.63, 3.8) is 0 Å². The Morgan fingerprint density at radius 3 is 2.64 bits per heavy atom. The van der Waals surface area contributed by atoms with Gasteiger partial charge in [0, 0.05) is 49.4 Å². The van der Waals surface area contributed by atoms with Crippen molar-refractivity contribution in [3.05, 3.63) is 83.2 Å². The highest BCUT2D eigenvalue weighted by molar-refractivity contribution is 7.92. The molecule has 2 aliphatic heterocycles. The van der Waals surface area contributed by atoms with E-state index in [0.717, 1.165) is 83.0 Å². The number of hydrogen-bond donors (Lipinski definition) is 1. The normalized spacial score (nSPS) is 16.8. The van der Waals surface area contributed by atoms with Gasteiger partial charge in [-0.1, -0.05) is 19.1 Å². The molecule has 1 saturated heterocycles. The number of aromatic nitrogens is 3. The molecule has 0 aliphatic carbocycles. The second-order valence-corrected chi connectivity index (χ2v) is 12.9. The van der Waals surface area contributed by atoms with Gasteiger partial charge >= 0.3 is 0 Å². The second kappa shape index (κ2) is 11.2. The molecule has 0 spiro atoms. The van der Waals surface area contributed by atoms with Crippen LogP contribution in [-0.4, -0.2) is 53.3 Å². The highest BCUT2D eigenvalue weighted by Gasteiger charge is 2.26. The van der Waals surface area contributed by atoms with Crippen molar-refractivity contribution >= 4 is 43.7 Å². The summed E-state index contributed by atoms with van der Waals surface area (Å²) in [5.41, 5.74) is 7.59. The third kappa shape index (κ3) is 5.63. The maximum Gasteiger partial charge on any atom is 0.229 e. The van der Waals surface area contributed by atoms with Crippen molar-refractivity contribution in [2.24, 2.45) is 5.92 Å². The molecule has 0 radical (unpaired) electrons. The lowest BCUT2D eigenvalue weighted by molar-refractivity contribution is -0.130. The highest BCUT2D eigenvalue weighted by Crippen LogP contribution is 2.43. The Bertz CT molecular complexity index is 1800. The van der Waals surface area contributed by atoms with Crippen LogP contribution in [0, 0.1) is 5.92 Å². The van der Waals surface area contributed by atoms with Crippen LogP contribution in [0.2, 0.25) is 0 Å². The van der Waals surface area contributed by atoms with Crippen LogP contribution in [0.5, 0.6) is 5.88 Å². The summed E-state index contributed by atoms with van der Waals surface area (Å²) < 4.78 is 34.9. The molecule has 1 N–H and O–H groups in total. The molecule has 2 aromatic heterocycles. The van der Waals surface area contributed by atoms with Gasteiger partial charge in [-0.15, -0.1) is 0 Å². The first-order valence-corrected chi connectivity index (χ1v) is 16.2. The number of carbonyl (C=O) groups excluding carboxylic acids is 1. The number of anilines is 1. The average Bonchev–Trinajstić information content (AvgIpc) is 3.27. The lowest BCUT2D eigenvalue weighted by Crippen LogP contribution is -2.38. The molecule has 10 heteroatoms. The van der Waals surface area contributed by atoms with Crippen LogP contribution >= 0.6 is 0 Å². The van der Waals surface area contributed by atoms with Gasteiger partial charge in [0.15, 0.2) is 0 Å². The van der Waals surface area contributed by atoms with Crippen LogP contribution in [0.3, 0.4) is 0 Å². The number of nitrogens with one attached hydrogen (secondary N) is 1. The molecule has 2 aromatic carbocycles. The van der Waals surface area contributed by atoms with Crippen molar-refractivity contribution in [3.8, 4) is 5.88 Å². The summed E-state index contributed by atoms with van der Waals surface area (Å²) in [4.78, 5) is 18.3. The van der Waals surface area contributed by atoms with Gasteiger partial charge in [0.05, 0.1) is 18.0 Å². The number of rotatable bonds is 6. The number of carbonyl (C=O) groups is 1. The Kier molecular flexibility index (Phi) is 7.49. The number of piperidine rings is 1. The molecule has 1 fully saturated rings. The number of fused-ring (bicyclic) bond motifs is 3. The predicted molar refractivity (Wildman–Crippen MR) is 164 cm³/mol. The summed E-state index contributed by atoms with van der Waals surface area (Å²) >= 11 is 0. The van der Waals surface area contributed by atoms with Crippen LogP contribution in [0.1, 0.15) is 55.4 Å². The minimum absolute atomic E-state index is 0.143. The van der Waals surface area contributed by atoms with Crippen LogP contribution < -0.4 is 9.46 Å². The van der Waals surface area contributed by atoms with Crippen molar-refractivity contribution in [1.82, 2.24) is 19.7 Å². The minimum atomic E-state index is -3.42. The fourth-order valence-electron chi connectivity index (χ4n) is 6.16. The molecule has 2 aliphatic rings. The van der Waals surface area contributed by atoms with Gasteiger partial charge in [-0.25, -0.2) is 13.4 Å². The first kappa shape index (κ1) is 28.0. The topological polar surface area (TPSA) is 106 Å². The van der Waals surface area contributed by atoms with E-state index in [-0.39, 0.29) is 5.91 Å². The van der Waals surface area contributed by atoms with Gasteiger partial charge in [0.1, 0.15) is 6.61 Å². The summed E-state index contributed by atoms with van der Waals surface area (Å²) in [7, 11) is -3.42. The second-order valence-electron chi connectivity index (χ2n) is 11.2. The number of ether oxygens (including phenoxy) is 1. The number of hydrogen-bond acceptors (Lipinski definition) is 6. The zero-order chi connectivity index (χ0) is 29.4. The molecule has 0 atom stereocenters. The highest BCUT2D eigenvalue weighted by atomic mass is 32.2. The summed E-state index contributed by atoms with van der Waals surface area (Å²) in [5, 5.41) is 5.82. The molecule has 218 valence electrons. The monoisotopic (exact) mass is 585 g/mol. The Morgan fingerprint density at radius 1 is 1.10 bits per heavy atom. The smallest absolute Gasteiger partial charge is 0.229 e. The third-order valence-electron chi connectivity index (χ3n) is 8.20. The van der Waals surface area contributed by atoms with Gasteiger partial charge in [0.25, 0.3) is 0 Å². The van der Waals surface area contributed by atoms with Crippen LogP contribution in [-0.2, 0) is 28.0 Å². The third-order valence-corrected chi connectivity index (χ3v) is 8.81. The van der Waals surface area contributed by atoms with Gasteiger partial charge in [-0.3, -0.25) is 14.2 Å². The summed E-state index contributed by atoms with van der Waals surface area (Å²) in [6.07, 6.45) is 7.46. The Balaban J connectivity index is 1.45. The van der Waals surface area contributed by atoms with Gasteiger partial charge in [0.2, 0.25) is 21.8 Å². The Morgan fingerprint density at radius 2 is 1.90 bits per heavy atom. The summed E-state index contributed by atoms with van der Waals surface area (Å²) in [6.45, 7) is 6.51. The lowest BCUT2D eigenvalue weighted by Gasteiger charge is -2.31. The molecule has 0 unspecified atom stereocenters. The molecular formula is C32H35N5O4S. The van der Waals surface area contributed by atoms with E-state index in [9.17, 15) is 13.2 Å². The number of amides is 1.